The van der Waals surface area contributed by atoms with E-state index in [0.717, 1.165) is 24.5 Å². The maximum Gasteiger partial charge on any atom is 0.126 e. The molecule has 88 valence electrons. The van der Waals surface area contributed by atoms with Crippen molar-refractivity contribution in [3.05, 3.63) is 35.4 Å². The van der Waals surface area contributed by atoms with Crippen molar-refractivity contribution < 1.29 is 8.78 Å². The average Bonchev–Trinajstić information content (AvgIpc) is 2.58. The standard InChI is InChI=1S/C13H17F2N/c1-3-13-12(4-8(2)16-13)9-5-10(14)7-11(15)6-9/h5-8,12-13,16H,3-4H2,1-2H3. The van der Waals surface area contributed by atoms with E-state index in [1.807, 2.05) is 0 Å². The molecule has 0 aliphatic carbocycles. The molecule has 1 aliphatic heterocycles. The highest BCUT2D eigenvalue weighted by Gasteiger charge is 2.31. The maximum atomic E-state index is 13.1. The first-order valence-corrected chi connectivity index (χ1v) is 5.82. The normalized spacial score (nSPS) is 29.6. The van der Waals surface area contributed by atoms with Gasteiger partial charge in [-0.05, 0) is 37.5 Å². The van der Waals surface area contributed by atoms with E-state index in [1.54, 1.807) is 0 Å². The molecule has 16 heavy (non-hydrogen) atoms. The summed E-state index contributed by atoms with van der Waals surface area (Å²) in [5, 5.41) is 3.45. The van der Waals surface area contributed by atoms with Gasteiger partial charge in [0.05, 0.1) is 0 Å². The van der Waals surface area contributed by atoms with Crippen molar-refractivity contribution in [2.75, 3.05) is 0 Å². The second kappa shape index (κ2) is 4.50. The minimum Gasteiger partial charge on any atom is -0.311 e. The third kappa shape index (κ3) is 2.24. The Morgan fingerprint density at radius 1 is 1.25 bits per heavy atom. The highest BCUT2D eigenvalue weighted by molar-refractivity contribution is 5.25. The molecular formula is C13H17F2N. The second-order valence-electron chi connectivity index (χ2n) is 4.63. The van der Waals surface area contributed by atoms with Crippen molar-refractivity contribution in [2.24, 2.45) is 0 Å². The van der Waals surface area contributed by atoms with Gasteiger partial charge in [0.15, 0.2) is 0 Å². The van der Waals surface area contributed by atoms with Crippen molar-refractivity contribution in [2.45, 2.75) is 44.7 Å². The number of hydrogen-bond acceptors (Lipinski definition) is 1. The zero-order valence-electron chi connectivity index (χ0n) is 9.63. The maximum absolute atomic E-state index is 13.1. The molecule has 3 atom stereocenters. The van der Waals surface area contributed by atoms with E-state index in [2.05, 4.69) is 19.2 Å². The molecule has 1 aromatic carbocycles. The van der Waals surface area contributed by atoms with Crippen LogP contribution in [0.15, 0.2) is 18.2 Å². The fraction of sp³-hybridized carbons (Fsp3) is 0.538. The number of halogens is 2. The van der Waals surface area contributed by atoms with Gasteiger partial charge in [0.2, 0.25) is 0 Å². The Hall–Kier alpha value is -0.960. The molecule has 1 aromatic rings. The molecule has 3 unspecified atom stereocenters. The third-order valence-corrected chi connectivity index (χ3v) is 3.34. The van der Waals surface area contributed by atoms with Gasteiger partial charge in [-0.15, -0.1) is 0 Å². The van der Waals surface area contributed by atoms with Crippen LogP contribution in [-0.4, -0.2) is 12.1 Å². The molecule has 0 bridgehead atoms. The quantitative estimate of drug-likeness (QED) is 0.815. The molecule has 1 heterocycles. The molecule has 0 radical (unpaired) electrons. The lowest BCUT2D eigenvalue weighted by Gasteiger charge is -2.18. The molecule has 1 saturated heterocycles. The minimum absolute atomic E-state index is 0.227. The van der Waals surface area contributed by atoms with Crippen molar-refractivity contribution >= 4 is 0 Å². The first-order chi connectivity index (χ1) is 7.60. The predicted molar refractivity (Wildman–Crippen MR) is 60.4 cm³/mol. The molecule has 0 saturated carbocycles. The van der Waals surface area contributed by atoms with Crippen LogP contribution in [0.2, 0.25) is 0 Å². The first kappa shape index (κ1) is 11.5. The molecule has 1 nitrogen and oxygen atoms in total. The molecule has 1 N–H and O–H groups in total. The van der Waals surface area contributed by atoms with E-state index >= 15 is 0 Å². The zero-order valence-corrected chi connectivity index (χ0v) is 9.63. The van der Waals surface area contributed by atoms with E-state index in [-0.39, 0.29) is 5.92 Å². The van der Waals surface area contributed by atoms with E-state index in [0.29, 0.717) is 12.1 Å². The molecule has 0 aromatic heterocycles. The SMILES string of the molecule is CCC1NC(C)CC1c1cc(F)cc(F)c1. The highest BCUT2D eigenvalue weighted by atomic mass is 19.1. The van der Waals surface area contributed by atoms with Gasteiger partial charge in [-0.1, -0.05) is 6.92 Å². The smallest absolute Gasteiger partial charge is 0.126 e. The largest absolute Gasteiger partial charge is 0.311 e. The summed E-state index contributed by atoms with van der Waals surface area (Å²) in [5.74, 6) is -0.737. The van der Waals surface area contributed by atoms with Crippen molar-refractivity contribution in [1.29, 1.82) is 0 Å². The highest BCUT2D eigenvalue weighted by Crippen LogP contribution is 2.33. The summed E-state index contributed by atoms with van der Waals surface area (Å²) in [7, 11) is 0. The van der Waals surface area contributed by atoms with E-state index in [1.165, 1.54) is 12.1 Å². The van der Waals surface area contributed by atoms with Gasteiger partial charge >= 0.3 is 0 Å². The Morgan fingerprint density at radius 2 is 1.88 bits per heavy atom. The third-order valence-electron chi connectivity index (χ3n) is 3.34. The van der Waals surface area contributed by atoms with Gasteiger partial charge in [0.25, 0.3) is 0 Å². The molecule has 0 amide bonds. The van der Waals surface area contributed by atoms with Gasteiger partial charge in [0.1, 0.15) is 11.6 Å². The Bertz CT molecular complexity index is 358. The van der Waals surface area contributed by atoms with Crippen LogP contribution >= 0.6 is 0 Å². The Balaban J connectivity index is 2.28. The predicted octanol–water partition coefficient (Wildman–Crippen LogP) is 3.21. The van der Waals surface area contributed by atoms with Gasteiger partial charge in [-0.3, -0.25) is 0 Å². The lowest BCUT2D eigenvalue weighted by molar-refractivity contribution is 0.510. The second-order valence-corrected chi connectivity index (χ2v) is 4.63. The van der Waals surface area contributed by atoms with E-state index in [4.69, 9.17) is 0 Å². The van der Waals surface area contributed by atoms with Gasteiger partial charge < -0.3 is 5.32 Å². The Labute approximate surface area is 94.9 Å². The summed E-state index contributed by atoms with van der Waals surface area (Å²) in [4.78, 5) is 0. The van der Waals surface area contributed by atoms with E-state index in [9.17, 15) is 8.78 Å². The minimum atomic E-state index is -0.482. The molecule has 2 rings (SSSR count). The summed E-state index contributed by atoms with van der Waals surface area (Å²) < 4.78 is 26.3. The number of nitrogens with one attached hydrogen (secondary N) is 1. The number of hydrogen-bond donors (Lipinski definition) is 1. The first-order valence-electron chi connectivity index (χ1n) is 5.82. The summed E-state index contributed by atoms with van der Waals surface area (Å²) >= 11 is 0. The summed E-state index contributed by atoms with van der Waals surface area (Å²) in [5.41, 5.74) is 0.779. The van der Waals surface area contributed by atoms with Gasteiger partial charge in [0, 0.05) is 24.1 Å². The van der Waals surface area contributed by atoms with Crippen LogP contribution in [0.3, 0.4) is 0 Å². The molecule has 0 spiro atoms. The van der Waals surface area contributed by atoms with Crippen LogP contribution in [0.4, 0.5) is 8.78 Å². The molecule has 1 fully saturated rings. The van der Waals surface area contributed by atoms with E-state index < -0.39 is 11.6 Å². The van der Waals surface area contributed by atoms with Crippen LogP contribution in [0.5, 0.6) is 0 Å². The van der Waals surface area contributed by atoms with Crippen LogP contribution in [0.25, 0.3) is 0 Å². The Kier molecular flexibility index (Phi) is 3.24. The zero-order chi connectivity index (χ0) is 11.7. The van der Waals surface area contributed by atoms with Crippen LogP contribution < -0.4 is 5.32 Å². The number of rotatable bonds is 2. The fourth-order valence-corrected chi connectivity index (χ4v) is 2.65. The van der Waals surface area contributed by atoms with Gasteiger partial charge in [-0.2, -0.15) is 0 Å². The van der Waals surface area contributed by atoms with Crippen molar-refractivity contribution in [3.63, 3.8) is 0 Å². The van der Waals surface area contributed by atoms with Crippen molar-refractivity contribution in [3.8, 4) is 0 Å². The lowest BCUT2D eigenvalue weighted by Crippen LogP contribution is -2.28. The van der Waals surface area contributed by atoms with Crippen LogP contribution in [-0.2, 0) is 0 Å². The Morgan fingerprint density at radius 3 is 2.44 bits per heavy atom. The molecule has 3 heteroatoms. The van der Waals surface area contributed by atoms with Crippen LogP contribution in [0, 0.1) is 11.6 Å². The molecular weight excluding hydrogens is 208 g/mol. The molecule has 1 aliphatic rings. The monoisotopic (exact) mass is 225 g/mol. The van der Waals surface area contributed by atoms with Gasteiger partial charge in [-0.25, -0.2) is 8.78 Å². The summed E-state index contributed by atoms with van der Waals surface area (Å²) in [6, 6.07) is 4.58. The topological polar surface area (TPSA) is 12.0 Å². The number of benzene rings is 1. The summed E-state index contributed by atoms with van der Waals surface area (Å²) in [6.45, 7) is 4.21. The summed E-state index contributed by atoms with van der Waals surface area (Å²) in [6.07, 6.45) is 1.93. The van der Waals surface area contributed by atoms with Crippen molar-refractivity contribution in [1.82, 2.24) is 5.32 Å². The fourth-order valence-electron chi connectivity index (χ4n) is 2.65. The van der Waals surface area contributed by atoms with Crippen LogP contribution in [0.1, 0.15) is 38.2 Å². The lowest BCUT2D eigenvalue weighted by atomic mass is 9.89. The average molecular weight is 225 g/mol.